The predicted octanol–water partition coefficient (Wildman–Crippen LogP) is 2.29. The lowest BCUT2D eigenvalue weighted by molar-refractivity contribution is 0.0937. The van der Waals surface area contributed by atoms with Crippen molar-refractivity contribution in [1.29, 1.82) is 0 Å². The van der Waals surface area contributed by atoms with Crippen LogP contribution in [0.3, 0.4) is 0 Å². The lowest BCUT2D eigenvalue weighted by Gasteiger charge is -2.04. The topological polar surface area (TPSA) is 43.1 Å². The van der Waals surface area contributed by atoms with Gasteiger partial charge in [-0.2, -0.15) is 0 Å². The monoisotopic (exact) mass is 247 g/mol. The third-order valence-electron chi connectivity index (χ3n) is 1.64. The van der Waals surface area contributed by atoms with Crippen LogP contribution in [0.25, 0.3) is 0 Å². The number of Topliss-reactive ketones (excluding diaryl/α,β-unsaturated/α-hetero) is 1. The zero-order chi connectivity index (χ0) is 9.14. The maximum Gasteiger partial charge on any atom is 0.177 e. The zero-order valence-corrected chi connectivity index (χ0v) is 9.11. The Kier molecular flexibility index (Phi) is 3.43. The molecule has 0 spiro atoms. The molecule has 12 heavy (non-hydrogen) atoms. The summed E-state index contributed by atoms with van der Waals surface area (Å²) in [6, 6.07) is 1.88. The van der Waals surface area contributed by atoms with Crippen LogP contribution in [0.5, 0.6) is 0 Å². The summed E-state index contributed by atoms with van der Waals surface area (Å²) in [5.74, 6) is 0.0410. The second-order valence-electron chi connectivity index (χ2n) is 2.60. The highest BCUT2D eigenvalue weighted by molar-refractivity contribution is 9.10. The van der Waals surface area contributed by atoms with Crippen molar-refractivity contribution in [1.82, 2.24) is 0 Å². The number of hydrogen-bond acceptors (Lipinski definition) is 3. The summed E-state index contributed by atoms with van der Waals surface area (Å²) in [7, 11) is 0. The van der Waals surface area contributed by atoms with E-state index in [2.05, 4.69) is 15.9 Å². The summed E-state index contributed by atoms with van der Waals surface area (Å²) >= 11 is 4.76. The van der Waals surface area contributed by atoms with Crippen LogP contribution in [0, 0.1) is 5.92 Å². The van der Waals surface area contributed by atoms with Crippen LogP contribution in [-0.4, -0.2) is 12.3 Å². The molecule has 0 saturated carbocycles. The molecule has 1 aromatic rings. The highest BCUT2D eigenvalue weighted by Crippen LogP contribution is 2.25. The summed E-state index contributed by atoms with van der Waals surface area (Å²) in [5, 5.41) is 1.89. The number of hydrogen-bond donors (Lipinski definition) is 1. The molecule has 2 N–H and O–H groups in total. The van der Waals surface area contributed by atoms with Crippen molar-refractivity contribution in [2.24, 2.45) is 11.7 Å². The van der Waals surface area contributed by atoms with Gasteiger partial charge in [-0.1, -0.05) is 6.92 Å². The molecule has 0 aliphatic carbocycles. The number of nitrogens with two attached hydrogens (primary N) is 1. The minimum atomic E-state index is -0.0834. The minimum absolute atomic E-state index is 0.0834. The molecule has 0 aliphatic rings. The Hall–Kier alpha value is -0.190. The van der Waals surface area contributed by atoms with Crippen molar-refractivity contribution in [2.45, 2.75) is 6.92 Å². The largest absolute Gasteiger partial charge is 0.330 e. The molecule has 0 bridgehead atoms. The van der Waals surface area contributed by atoms with Gasteiger partial charge in [0, 0.05) is 16.9 Å². The molecule has 2 nitrogen and oxygen atoms in total. The second-order valence-corrected chi connectivity index (χ2v) is 4.37. The third-order valence-corrected chi connectivity index (χ3v) is 3.49. The van der Waals surface area contributed by atoms with Crippen LogP contribution in [0.1, 0.15) is 16.6 Å². The Morgan fingerprint density at radius 1 is 1.83 bits per heavy atom. The van der Waals surface area contributed by atoms with E-state index in [0.29, 0.717) is 6.54 Å². The average Bonchev–Trinajstić information content (AvgIpc) is 2.48. The number of halogens is 1. The maximum absolute atomic E-state index is 11.6. The van der Waals surface area contributed by atoms with Gasteiger partial charge in [0.1, 0.15) is 0 Å². The Balaban J connectivity index is 2.85. The molecule has 1 unspecified atom stereocenters. The Morgan fingerprint density at radius 2 is 2.50 bits per heavy atom. The molecule has 1 rings (SSSR count). The SMILES string of the molecule is CC(CN)C(=O)c1sccc1Br. The van der Waals surface area contributed by atoms with Gasteiger partial charge in [-0.3, -0.25) is 4.79 Å². The summed E-state index contributed by atoms with van der Waals surface area (Å²) < 4.78 is 0.873. The number of rotatable bonds is 3. The van der Waals surface area contributed by atoms with Gasteiger partial charge in [0.2, 0.25) is 0 Å². The zero-order valence-electron chi connectivity index (χ0n) is 6.71. The summed E-state index contributed by atoms with van der Waals surface area (Å²) in [6.45, 7) is 2.25. The van der Waals surface area contributed by atoms with E-state index >= 15 is 0 Å². The van der Waals surface area contributed by atoms with Crippen LogP contribution in [-0.2, 0) is 0 Å². The lowest BCUT2D eigenvalue weighted by atomic mass is 10.1. The van der Waals surface area contributed by atoms with Gasteiger partial charge in [-0.15, -0.1) is 11.3 Å². The van der Waals surface area contributed by atoms with E-state index in [0.717, 1.165) is 9.35 Å². The first-order valence-electron chi connectivity index (χ1n) is 3.64. The fourth-order valence-electron chi connectivity index (χ4n) is 0.800. The van der Waals surface area contributed by atoms with Crippen molar-refractivity contribution in [3.63, 3.8) is 0 Å². The fourth-order valence-corrected chi connectivity index (χ4v) is 2.42. The smallest absolute Gasteiger partial charge is 0.177 e. The Bertz CT molecular complexity index is 284. The molecule has 0 saturated heterocycles. The van der Waals surface area contributed by atoms with Gasteiger partial charge in [0.25, 0.3) is 0 Å². The van der Waals surface area contributed by atoms with E-state index in [4.69, 9.17) is 5.73 Å². The van der Waals surface area contributed by atoms with Crippen molar-refractivity contribution in [3.8, 4) is 0 Å². The van der Waals surface area contributed by atoms with Crippen molar-refractivity contribution in [3.05, 3.63) is 20.8 Å². The van der Waals surface area contributed by atoms with Gasteiger partial charge in [-0.05, 0) is 27.4 Å². The van der Waals surface area contributed by atoms with Crippen molar-refractivity contribution >= 4 is 33.0 Å². The first-order chi connectivity index (χ1) is 5.66. The van der Waals surface area contributed by atoms with E-state index in [1.165, 1.54) is 11.3 Å². The molecular formula is C8H10BrNOS. The Labute approximate surface area is 83.9 Å². The molecular weight excluding hydrogens is 238 g/mol. The predicted molar refractivity (Wildman–Crippen MR) is 54.6 cm³/mol. The van der Waals surface area contributed by atoms with Crippen LogP contribution in [0.15, 0.2) is 15.9 Å². The number of ketones is 1. The lowest BCUT2D eigenvalue weighted by Crippen LogP contribution is -2.20. The summed E-state index contributed by atoms with van der Waals surface area (Å²) in [5.41, 5.74) is 5.40. The van der Waals surface area contributed by atoms with Gasteiger partial charge < -0.3 is 5.73 Å². The van der Waals surface area contributed by atoms with E-state index in [-0.39, 0.29) is 11.7 Å². The fraction of sp³-hybridized carbons (Fsp3) is 0.375. The average molecular weight is 248 g/mol. The number of carbonyl (C=O) groups excluding carboxylic acids is 1. The van der Waals surface area contributed by atoms with Gasteiger partial charge in [0.15, 0.2) is 5.78 Å². The number of thiophene rings is 1. The highest BCUT2D eigenvalue weighted by Gasteiger charge is 2.16. The van der Waals surface area contributed by atoms with Gasteiger partial charge in [0.05, 0.1) is 4.88 Å². The maximum atomic E-state index is 11.6. The van der Waals surface area contributed by atoms with E-state index in [1.54, 1.807) is 0 Å². The van der Waals surface area contributed by atoms with Gasteiger partial charge in [-0.25, -0.2) is 0 Å². The first kappa shape index (κ1) is 9.89. The van der Waals surface area contributed by atoms with Crippen LogP contribution in [0.2, 0.25) is 0 Å². The van der Waals surface area contributed by atoms with Crippen LogP contribution < -0.4 is 5.73 Å². The molecule has 66 valence electrons. The molecule has 1 heterocycles. The first-order valence-corrected chi connectivity index (χ1v) is 5.31. The molecule has 0 amide bonds. The molecule has 1 atom stereocenters. The minimum Gasteiger partial charge on any atom is -0.330 e. The van der Waals surface area contributed by atoms with Crippen LogP contribution in [0.4, 0.5) is 0 Å². The highest BCUT2D eigenvalue weighted by atomic mass is 79.9. The van der Waals surface area contributed by atoms with E-state index in [1.807, 2.05) is 18.4 Å². The standard InChI is InChI=1S/C8H10BrNOS/c1-5(4-10)7(11)8-6(9)2-3-12-8/h2-3,5H,4,10H2,1H3. The number of carbonyl (C=O) groups is 1. The Morgan fingerprint density at radius 3 is 2.92 bits per heavy atom. The molecule has 0 aromatic carbocycles. The molecule has 0 aliphatic heterocycles. The molecule has 1 aromatic heterocycles. The van der Waals surface area contributed by atoms with Crippen molar-refractivity contribution in [2.75, 3.05) is 6.54 Å². The quantitative estimate of drug-likeness (QED) is 0.834. The van der Waals surface area contributed by atoms with E-state index < -0.39 is 0 Å². The van der Waals surface area contributed by atoms with E-state index in [9.17, 15) is 4.79 Å². The van der Waals surface area contributed by atoms with Crippen molar-refractivity contribution < 1.29 is 4.79 Å². The third kappa shape index (κ3) is 1.94. The van der Waals surface area contributed by atoms with Crippen LogP contribution >= 0.6 is 27.3 Å². The summed E-state index contributed by atoms with van der Waals surface area (Å²) in [6.07, 6.45) is 0. The normalized spacial score (nSPS) is 12.9. The molecule has 4 heteroatoms. The second kappa shape index (κ2) is 4.16. The summed E-state index contributed by atoms with van der Waals surface area (Å²) in [4.78, 5) is 12.3. The van der Waals surface area contributed by atoms with Gasteiger partial charge >= 0.3 is 0 Å². The molecule has 0 radical (unpaired) electrons. The molecule has 0 fully saturated rings.